The molecule has 0 bridgehead atoms. The van der Waals surface area contributed by atoms with Crippen molar-refractivity contribution in [2.24, 2.45) is 0 Å². The minimum absolute atomic E-state index is 0.0479. The molecular formula is C47H55ClFN9O8. The van der Waals surface area contributed by atoms with Gasteiger partial charge in [0.1, 0.15) is 22.6 Å². The van der Waals surface area contributed by atoms with Crippen molar-refractivity contribution in [2.75, 3.05) is 57.2 Å². The van der Waals surface area contributed by atoms with Gasteiger partial charge in [0.25, 0.3) is 17.4 Å². The molecule has 19 heteroatoms. The lowest BCUT2D eigenvalue weighted by Crippen LogP contribution is -2.52. The molecule has 17 nitrogen and oxygen atoms in total. The first-order chi connectivity index (χ1) is 31.8. The van der Waals surface area contributed by atoms with Crippen molar-refractivity contribution in [3.8, 4) is 11.5 Å². The summed E-state index contributed by atoms with van der Waals surface area (Å²) in [6.07, 6.45) is 7.50. The fraction of sp³-hybridized carbons (Fsp3) is 0.511. The van der Waals surface area contributed by atoms with Crippen LogP contribution in [0.4, 0.5) is 21.8 Å². The number of rotatable bonds is 13. The SMILES string of the molecule is CNC(=O)COc1cc2cc(Nc3nc(N4CCC(OC5CC(N6CCC(c7cc(F)c8c(c7OC)CN(C7CCC(=O)NC7=O)C8=O)CC6)C5)CC4)ncc3Cl)ccc2n(C(C)C)c1=O. The Kier molecular flexibility index (Phi) is 12.9. The number of amides is 4. The largest absolute Gasteiger partial charge is 0.496 e. The summed E-state index contributed by atoms with van der Waals surface area (Å²) < 4.78 is 35.4. The van der Waals surface area contributed by atoms with Crippen LogP contribution in [-0.2, 0) is 25.7 Å². The number of pyridine rings is 1. The lowest BCUT2D eigenvalue weighted by atomic mass is 9.82. The molecule has 2 aromatic carbocycles. The maximum atomic E-state index is 15.7. The number of aromatic nitrogens is 3. The summed E-state index contributed by atoms with van der Waals surface area (Å²) in [4.78, 5) is 78.2. The van der Waals surface area contributed by atoms with Gasteiger partial charge in [-0.15, -0.1) is 0 Å². The molecule has 0 spiro atoms. The van der Waals surface area contributed by atoms with E-state index in [1.165, 1.54) is 25.1 Å². The van der Waals surface area contributed by atoms with Crippen molar-refractivity contribution in [3.63, 3.8) is 0 Å². The van der Waals surface area contributed by atoms with Crippen LogP contribution in [0.3, 0.4) is 0 Å². The Morgan fingerprint density at radius 1 is 1.00 bits per heavy atom. The van der Waals surface area contributed by atoms with Gasteiger partial charge in [0.05, 0.1) is 43.1 Å². The van der Waals surface area contributed by atoms with Crippen LogP contribution in [0.2, 0.25) is 5.02 Å². The van der Waals surface area contributed by atoms with E-state index in [2.05, 4.69) is 30.7 Å². The fourth-order valence-corrected chi connectivity index (χ4v) is 10.3. The quantitative estimate of drug-likeness (QED) is 0.149. The van der Waals surface area contributed by atoms with E-state index in [1.54, 1.807) is 16.8 Å². The zero-order chi connectivity index (χ0) is 46.4. The summed E-state index contributed by atoms with van der Waals surface area (Å²) in [6, 6.07) is 8.14. The normalized spacial score (nSPS) is 21.8. The Labute approximate surface area is 386 Å². The summed E-state index contributed by atoms with van der Waals surface area (Å²) in [6.45, 7) is 6.80. The number of anilines is 3. The van der Waals surface area contributed by atoms with Gasteiger partial charge in [-0.2, -0.15) is 4.98 Å². The molecule has 1 aliphatic carbocycles. The molecule has 66 heavy (non-hydrogen) atoms. The molecule has 2 aromatic heterocycles. The van der Waals surface area contributed by atoms with Crippen LogP contribution >= 0.6 is 11.6 Å². The predicted octanol–water partition coefficient (Wildman–Crippen LogP) is 5.20. The number of hydrogen-bond acceptors (Lipinski definition) is 13. The second kappa shape index (κ2) is 18.8. The highest BCUT2D eigenvalue weighted by Crippen LogP contribution is 2.44. The smallest absolute Gasteiger partial charge is 0.293 e. The Balaban J connectivity index is 0.759. The number of ether oxygens (including phenoxy) is 3. The summed E-state index contributed by atoms with van der Waals surface area (Å²) in [5, 5.41) is 9.22. The maximum absolute atomic E-state index is 15.7. The first-order valence-corrected chi connectivity index (χ1v) is 23.2. The van der Waals surface area contributed by atoms with Crippen molar-refractivity contribution in [1.82, 2.24) is 35.0 Å². The molecule has 0 radical (unpaired) electrons. The molecule has 1 atom stereocenters. The Hall–Kier alpha value is -5.85. The second-order valence-electron chi connectivity index (χ2n) is 18.1. The molecule has 9 rings (SSSR count). The Morgan fingerprint density at radius 3 is 2.45 bits per heavy atom. The van der Waals surface area contributed by atoms with Gasteiger partial charge in [0, 0.05) is 60.8 Å². The molecule has 5 aliphatic rings. The van der Waals surface area contributed by atoms with Gasteiger partial charge in [-0.1, -0.05) is 11.6 Å². The van der Waals surface area contributed by atoms with Crippen molar-refractivity contribution < 1.29 is 37.8 Å². The molecule has 4 fully saturated rings. The minimum Gasteiger partial charge on any atom is -0.496 e. The molecular weight excluding hydrogens is 873 g/mol. The van der Waals surface area contributed by atoms with Gasteiger partial charge in [0.15, 0.2) is 18.2 Å². The first-order valence-electron chi connectivity index (χ1n) is 22.8. The highest BCUT2D eigenvalue weighted by atomic mass is 35.5. The number of hydrogen-bond donors (Lipinski definition) is 3. The predicted molar refractivity (Wildman–Crippen MR) is 244 cm³/mol. The highest BCUT2D eigenvalue weighted by Gasteiger charge is 2.44. The first kappa shape index (κ1) is 45.3. The number of likely N-dealkylation sites (tertiary alicyclic amines) is 1. The zero-order valence-electron chi connectivity index (χ0n) is 37.5. The van der Waals surface area contributed by atoms with Gasteiger partial charge in [-0.3, -0.25) is 29.3 Å². The van der Waals surface area contributed by atoms with E-state index in [9.17, 15) is 24.0 Å². The van der Waals surface area contributed by atoms with Gasteiger partial charge in [0.2, 0.25) is 17.8 Å². The minimum atomic E-state index is -0.829. The Bertz CT molecular complexity index is 2620. The highest BCUT2D eigenvalue weighted by molar-refractivity contribution is 6.33. The number of halogens is 2. The third kappa shape index (κ3) is 8.89. The number of likely N-dealkylation sites (N-methyl/N-ethyl adjacent to an activating group) is 1. The summed E-state index contributed by atoms with van der Waals surface area (Å²) in [5.41, 5.74) is 2.29. The number of nitrogens with one attached hydrogen (secondary N) is 3. The molecule has 350 valence electrons. The maximum Gasteiger partial charge on any atom is 0.293 e. The number of piperidine rings is 3. The van der Waals surface area contributed by atoms with Crippen LogP contribution in [0.15, 0.2) is 41.3 Å². The van der Waals surface area contributed by atoms with E-state index >= 15 is 4.39 Å². The van der Waals surface area contributed by atoms with Crippen LogP contribution in [0, 0.1) is 5.82 Å². The van der Waals surface area contributed by atoms with Gasteiger partial charge in [-0.25, -0.2) is 9.37 Å². The molecule has 1 unspecified atom stereocenters. The van der Waals surface area contributed by atoms with Crippen LogP contribution < -0.4 is 35.9 Å². The second-order valence-corrected chi connectivity index (χ2v) is 18.5. The van der Waals surface area contributed by atoms with Crippen molar-refractivity contribution in [1.29, 1.82) is 0 Å². The van der Waals surface area contributed by atoms with E-state index in [1.807, 2.05) is 32.0 Å². The Morgan fingerprint density at radius 2 is 1.76 bits per heavy atom. The third-order valence-corrected chi connectivity index (χ3v) is 14.0. The topological polar surface area (TPSA) is 190 Å². The van der Waals surface area contributed by atoms with Crippen LogP contribution in [0.1, 0.15) is 98.7 Å². The average Bonchev–Trinajstić information content (AvgIpc) is 3.64. The number of nitrogens with zero attached hydrogens (tertiary/aromatic N) is 6. The summed E-state index contributed by atoms with van der Waals surface area (Å²) in [7, 11) is 3.05. The van der Waals surface area contributed by atoms with E-state index in [0.717, 1.165) is 81.2 Å². The number of benzene rings is 2. The summed E-state index contributed by atoms with van der Waals surface area (Å²) >= 11 is 6.60. The van der Waals surface area contributed by atoms with Gasteiger partial charge >= 0.3 is 0 Å². The molecule has 6 heterocycles. The average molecular weight is 928 g/mol. The van der Waals surface area contributed by atoms with Crippen molar-refractivity contribution in [3.05, 3.63) is 74.4 Å². The standard InChI is InChI=1S/C47H55ClFN9O8/c1-25(2)58-36-6-5-28(17-27(36)18-38(45(58)62)65-24-40(60)50-3)52-43-34(48)22-51-47(54-43)56-15-11-30(12-16-56)66-31-19-29(20-31)55-13-9-26(10-14-55)32-21-35(49)41-33(42(32)64-4)23-57(46(41)63)37-7-8-39(59)53-44(37)61/h5-6,17-18,21-22,25-26,29-31,37H,7-16,19-20,23-24H2,1-4H3,(H,50,60)(H,51,52,54)(H,53,59,61). The van der Waals surface area contributed by atoms with Crippen molar-refractivity contribution >= 4 is 63.6 Å². The van der Waals surface area contributed by atoms with Crippen molar-refractivity contribution in [2.45, 2.75) is 108 Å². The molecule has 4 aliphatic heterocycles. The molecule has 4 amide bonds. The van der Waals surface area contributed by atoms with E-state index in [0.29, 0.717) is 39.8 Å². The van der Waals surface area contributed by atoms with Crippen LogP contribution in [-0.4, -0.2) is 119 Å². The molecule has 1 saturated carbocycles. The number of fused-ring (bicyclic) bond motifs is 2. The number of imide groups is 1. The summed E-state index contributed by atoms with van der Waals surface area (Å²) in [5.74, 6) is -0.721. The molecule has 3 N–H and O–H groups in total. The molecule has 4 aromatic rings. The third-order valence-electron chi connectivity index (χ3n) is 13.8. The fourth-order valence-electron chi connectivity index (χ4n) is 10.2. The number of carbonyl (C=O) groups is 4. The lowest BCUT2D eigenvalue weighted by Gasteiger charge is -2.47. The number of methoxy groups -OCH3 is 1. The van der Waals surface area contributed by atoms with Gasteiger partial charge < -0.3 is 44.1 Å². The van der Waals surface area contributed by atoms with E-state index in [-0.39, 0.29) is 78.8 Å². The zero-order valence-corrected chi connectivity index (χ0v) is 38.3. The molecule has 3 saturated heterocycles. The van der Waals surface area contributed by atoms with E-state index in [4.69, 9.17) is 30.8 Å². The van der Waals surface area contributed by atoms with E-state index < -0.39 is 23.7 Å². The van der Waals surface area contributed by atoms with Gasteiger partial charge in [-0.05, 0) is 108 Å². The lowest BCUT2D eigenvalue weighted by molar-refractivity contribution is -0.137. The monoisotopic (exact) mass is 927 g/mol. The van der Waals surface area contributed by atoms with Crippen LogP contribution in [0.25, 0.3) is 10.9 Å². The van der Waals surface area contributed by atoms with Crippen LogP contribution in [0.5, 0.6) is 11.5 Å². The number of carbonyl (C=O) groups excluding carboxylic acids is 4.